The molecule has 2 aromatic heterocycles. The summed E-state index contributed by atoms with van der Waals surface area (Å²) >= 11 is 0. The molecule has 0 spiro atoms. The topological polar surface area (TPSA) is 140 Å². The number of pyridine rings is 1. The number of nitrogens with zero attached hydrogens (tertiary/aromatic N) is 6. The molecule has 13 nitrogen and oxygen atoms in total. The minimum Gasteiger partial charge on any atom is -0.481 e. The van der Waals surface area contributed by atoms with E-state index in [-0.39, 0.29) is 60.0 Å². The van der Waals surface area contributed by atoms with E-state index in [1.165, 1.54) is 6.07 Å². The average molecular weight is 983 g/mol. The summed E-state index contributed by atoms with van der Waals surface area (Å²) in [4.78, 5) is 45.6. The Balaban J connectivity index is 1.25. The molecule has 0 aliphatic carbocycles. The molecule has 0 saturated carbocycles. The van der Waals surface area contributed by atoms with E-state index in [0.29, 0.717) is 82.5 Å². The Morgan fingerprint density at radius 1 is 0.943 bits per heavy atom. The summed E-state index contributed by atoms with van der Waals surface area (Å²) in [6.45, 7) is 22.2. The van der Waals surface area contributed by atoms with E-state index in [4.69, 9.17) is 33.9 Å². The molecule has 4 aliphatic heterocycles. The molecule has 1 N–H and O–H groups in total. The van der Waals surface area contributed by atoms with Crippen molar-refractivity contribution in [2.75, 3.05) is 44.3 Å². The molecule has 0 radical (unpaired) electrons. The van der Waals surface area contributed by atoms with Gasteiger partial charge >= 0.3 is 18.1 Å². The van der Waals surface area contributed by atoms with E-state index >= 15 is 8.78 Å². The first-order valence-corrected chi connectivity index (χ1v) is 27.9. The van der Waals surface area contributed by atoms with Crippen molar-refractivity contribution in [3.63, 3.8) is 0 Å². The van der Waals surface area contributed by atoms with Crippen LogP contribution in [0, 0.1) is 23.1 Å². The van der Waals surface area contributed by atoms with Gasteiger partial charge in [-0.2, -0.15) is 9.97 Å². The molecule has 4 aliphatic rings. The number of rotatable bonds is 15. The number of amides is 1. The minimum atomic E-state index is -2.34. The number of carbonyl (C=O) groups excluding carboxylic acids is 1. The Labute approximate surface area is 413 Å². The lowest BCUT2D eigenvalue weighted by Crippen LogP contribution is -2.57. The molecule has 70 heavy (non-hydrogen) atoms. The standard InChI is InChI=1S/C54H72F2N6O7Si/c1-33(2)70(34(3)4,35(5)6)26-22-41-44(55)21-18-36-27-40(68-46-17-11-13-25-66-46)28-42(47(36)41)49-48(56)50-43(29-57-49)51(61-30-37-19-20-38(31-61)62(37)53(65)69-54(7,8)9)59-52(58-50)67-32-39-15-14-24-60(39)23-12-10-16-45(63)64/h18,21,27-29,33-35,37-39,46H,10-17,19-20,23-25,30-32H2,1-9H3,(H,63,64)/t37?,38?,39-,46?/m0/s1. The van der Waals surface area contributed by atoms with Crippen LogP contribution in [0.5, 0.6) is 11.8 Å². The molecular weight excluding hydrogens is 911 g/mol. The highest BCUT2D eigenvalue weighted by atomic mass is 28.3. The van der Waals surface area contributed by atoms with E-state index in [1.54, 1.807) is 18.3 Å². The Hall–Kier alpha value is -5.11. The maximum absolute atomic E-state index is 18.1. The van der Waals surface area contributed by atoms with Crippen LogP contribution in [0.15, 0.2) is 30.5 Å². The predicted octanol–water partition coefficient (Wildman–Crippen LogP) is 11.3. The Kier molecular flexibility index (Phi) is 15.6. The van der Waals surface area contributed by atoms with Crippen molar-refractivity contribution in [3.8, 4) is 34.5 Å². The van der Waals surface area contributed by atoms with Crippen LogP contribution in [0.4, 0.5) is 19.4 Å². The van der Waals surface area contributed by atoms with Crippen molar-refractivity contribution in [2.45, 2.75) is 173 Å². The number of carbonyl (C=O) groups is 2. The summed E-state index contributed by atoms with van der Waals surface area (Å²) in [6.07, 6.45) is 8.20. The number of carboxylic acids is 1. The van der Waals surface area contributed by atoms with E-state index in [0.717, 1.165) is 58.0 Å². The monoisotopic (exact) mass is 983 g/mol. The second-order valence-electron chi connectivity index (χ2n) is 21.7. The van der Waals surface area contributed by atoms with E-state index in [1.807, 2.05) is 31.7 Å². The van der Waals surface area contributed by atoms with Gasteiger partial charge in [0.25, 0.3) is 0 Å². The van der Waals surface area contributed by atoms with Gasteiger partial charge in [-0.15, -0.1) is 5.54 Å². The van der Waals surface area contributed by atoms with Crippen LogP contribution in [0.2, 0.25) is 16.6 Å². The molecule has 2 aromatic carbocycles. The SMILES string of the molecule is CC(C)[Si](C#Cc1c(F)ccc2cc(OC3CCCCO3)cc(-c3ncc4c(N5CC6CCC(C5)N6C(=O)OC(C)(C)C)nc(OC[C@@H]5CCCN5CCCCC(=O)O)nc4c3F)c12)(C(C)C)C(C)C. The number of ether oxygens (including phenoxy) is 4. The normalized spacial score (nSPS) is 21.0. The second-order valence-corrected chi connectivity index (χ2v) is 27.3. The van der Waals surface area contributed by atoms with Crippen LogP contribution < -0.4 is 14.4 Å². The quantitative estimate of drug-likeness (QED) is 0.0689. The number of aliphatic carboxylic acids is 1. The zero-order chi connectivity index (χ0) is 50.1. The lowest BCUT2D eigenvalue weighted by Gasteiger charge is -2.42. The molecule has 4 saturated heterocycles. The van der Waals surface area contributed by atoms with Crippen LogP contribution in [0.25, 0.3) is 32.9 Å². The summed E-state index contributed by atoms with van der Waals surface area (Å²) in [5.41, 5.74) is 4.40. The van der Waals surface area contributed by atoms with E-state index in [9.17, 15) is 14.7 Å². The van der Waals surface area contributed by atoms with Gasteiger partial charge in [-0.05, 0) is 125 Å². The summed E-state index contributed by atoms with van der Waals surface area (Å²) in [7, 11) is -2.34. The van der Waals surface area contributed by atoms with Gasteiger partial charge < -0.3 is 29.0 Å². The van der Waals surface area contributed by atoms with Gasteiger partial charge in [0, 0.05) is 49.1 Å². The smallest absolute Gasteiger partial charge is 0.410 e. The molecule has 4 aromatic rings. The zero-order valence-corrected chi connectivity index (χ0v) is 43.6. The van der Waals surface area contributed by atoms with Crippen LogP contribution in [0.1, 0.15) is 132 Å². The van der Waals surface area contributed by atoms with Gasteiger partial charge in [-0.25, -0.2) is 13.6 Å². The summed E-state index contributed by atoms with van der Waals surface area (Å²) in [5.74, 6) is 2.22. The fourth-order valence-corrected chi connectivity index (χ4v) is 16.9. The van der Waals surface area contributed by atoms with Crippen molar-refractivity contribution in [2.24, 2.45) is 0 Å². The number of benzene rings is 2. The lowest BCUT2D eigenvalue weighted by atomic mass is 9.95. The van der Waals surface area contributed by atoms with Crippen LogP contribution in [-0.4, -0.2) is 119 Å². The van der Waals surface area contributed by atoms with Gasteiger partial charge in [-0.3, -0.25) is 19.6 Å². The van der Waals surface area contributed by atoms with E-state index < -0.39 is 37.6 Å². The highest BCUT2D eigenvalue weighted by molar-refractivity contribution is 6.90. The van der Waals surface area contributed by atoms with Crippen molar-refractivity contribution >= 4 is 47.6 Å². The largest absolute Gasteiger partial charge is 0.481 e. The van der Waals surface area contributed by atoms with Crippen molar-refractivity contribution in [1.29, 1.82) is 0 Å². The predicted molar refractivity (Wildman–Crippen MR) is 271 cm³/mol. The highest BCUT2D eigenvalue weighted by Gasteiger charge is 2.46. The number of halogens is 2. The third-order valence-electron chi connectivity index (χ3n) is 15.0. The third kappa shape index (κ3) is 10.9. The molecule has 6 heterocycles. The highest BCUT2D eigenvalue weighted by Crippen LogP contribution is 2.44. The van der Waals surface area contributed by atoms with Crippen LogP contribution >= 0.6 is 0 Å². The van der Waals surface area contributed by atoms with Gasteiger partial charge in [-0.1, -0.05) is 53.5 Å². The summed E-state index contributed by atoms with van der Waals surface area (Å²) < 4.78 is 59.4. The fraction of sp³-hybridized carbons (Fsp3) is 0.611. The Bertz CT molecular complexity index is 2590. The fourth-order valence-electron chi connectivity index (χ4n) is 11.7. The molecule has 4 fully saturated rings. The molecule has 2 bridgehead atoms. The number of hydrogen-bond acceptors (Lipinski definition) is 11. The number of fused-ring (bicyclic) bond motifs is 4. The van der Waals surface area contributed by atoms with Gasteiger partial charge in [0.1, 0.15) is 48.9 Å². The van der Waals surface area contributed by atoms with Gasteiger partial charge in [0.2, 0.25) is 0 Å². The molecule has 16 heteroatoms. The molecule has 8 rings (SSSR count). The van der Waals surface area contributed by atoms with Crippen molar-refractivity contribution in [1.82, 2.24) is 24.8 Å². The number of likely N-dealkylation sites (tertiary alicyclic amines) is 1. The Morgan fingerprint density at radius 2 is 1.67 bits per heavy atom. The summed E-state index contributed by atoms with van der Waals surface area (Å²) in [5, 5.41) is 10.6. The maximum atomic E-state index is 18.1. The third-order valence-corrected chi connectivity index (χ3v) is 21.3. The first kappa shape index (κ1) is 51.2. The number of piperazine rings is 1. The van der Waals surface area contributed by atoms with Gasteiger partial charge in [0.15, 0.2) is 12.1 Å². The maximum Gasteiger partial charge on any atom is 0.410 e. The number of aromatic nitrogens is 3. The zero-order valence-electron chi connectivity index (χ0n) is 42.6. The lowest BCUT2D eigenvalue weighted by molar-refractivity contribution is -0.137. The van der Waals surface area contributed by atoms with Crippen molar-refractivity contribution in [3.05, 3.63) is 47.7 Å². The van der Waals surface area contributed by atoms with Crippen LogP contribution in [0.3, 0.4) is 0 Å². The number of anilines is 1. The molecule has 3 unspecified atom stereocenters. The second kappa shape index (κ2) is 21.3. The molecule has 378 valence electrons. The van der Waals surface area contributed by atoms with Crippen LogP contribution in [-0.2, 0) is 14.3 Å². The first-order chi connectivity index (χ1) is 33.3. The number of hydrogen-bond donors (Lipinski definition) is 1. The average Bonchev–Trinajstić information content (AvgIpc) is 3.87. The molecule has 1 amide bonds. The summed E-state index contributed by atoms with van der Waals surface area (Å²) in [6, 6.07) is 6.39. The number of unbranched alkanes of at least 4 members (excludes halogenated alkanes) is 1. The first-order valence-electron chi connectivity index (χ1n) is 25.6. The van der Waals surface area contributed by atoms with Gasteiger partial charge in [0.05, 0.1) is 29.6 Å². The molecular formula is C54H72F2N6O7Si. The Morgan fingerprint density at radius 3 is 2.33 bits per heavy atom. The molecule has 4 atom stereocenters. The minimum absolute atomic E-state index is 0.00420. The van der Waals surface area contributed by atoms with Crippen molar-refractivity contribution < 1.29 is 42.4 Å². The van der Waals surface area contributed by atoms with E-state index in [2.05, 4.69) is 62.8 Å². The number of carboxylic acid groups (broad SMARTS) is 1.